The molecule has 0 saturated carbocycles. The Kier molecular flexibility index (Phi) is 4.65. The van der Waals surface area contributed by atoms with Gasteiger partial charge in [-0.3, -0.25) is 9.59 Å². The normalized spacial score (nSPS) is 18.9. The van der Waals surface area contributed by atoms with Crippen LogP contribution in [-0.4, -0.2) is 43.5 Å². The zero-order valence-electron chi connectivity index (χ0n) is 11.5. The molecule has 0 aliphatic carbocycles. The lowest BCUT2D eigenvalue weighted by Crippen LogP contribution is -2.48. The zero-order chi connectivity index (χ0) is 14.7. The minimum atomic E-state index is -0.179. The number of likely N-dealkylation sites (tertiary alicyclic amines) is 1. The second-order valence-electron chi connectivity index (χ2n) is 4.83. The number of hydrogen-bond acceptors (Lipinski definition) is 3. The number of nitrogens with one attached hydrogen (secondary N) is 1. The number of amides is 2. The smallest absolute Gasteiger partial charge is 0.255 e. The second-order valence-corrected chi connectivity index (χ2v) is 5.74. The van der Waals surface area contributed by atoms with Crippen LogP contribution in [0, 0.1) is 0 Å². The molecule has 1 aliphatic heterocycles. The molecule has 1 saturated heterocycles. The van der Waals surface area contributed by atoms with Crippen LogP contribution in [0.15, 0.2) is 22.7 Å². The van der Waals surface area contributed by atoms with Gasteiger partial charge in [0.2, 0.25) is 5.91 Å². The fourth-order valence-corrected chi connectivity index (χ4v) is 2.59. The maximum absolute atomic E-state index is 12.3. The van der Waals surface area contributed by atoms with Gasteiger partial charge in [-0.15, -0.1) is 0 Å². The third-order valence-corrected chi connectivity index (χ3v) is 3.86. The van der Waals surface area contributed by atoms with Crippen LogP contribution in [0.1, 0.15) is 23.2 Å². The molecule has 0 spiro atoms. The van der Waals surface area contributed by atoms with E-state index < -0.39 is 0 Å². The Labute approximate surface area is 126 Å². The topological polar surface area (TPSA) is 58.6 Å². The summed E-state index contributed by atoms with van der Waals surface area (Å²) in [5.41, 5.74) is 0.496. The summed E-state index contributed by atoms with van der Waals surface area (Å²) in [5, 5.41) is 2.95. The molecular formula is C14H17BrN2O3. The molecule has 2 amide bonds. The maximum Gasteiger partial charge on any atom is 0.255 e. The number of methoxy groups -OCH3 is 1. The van der Waals surface area contributed by atoms with E-state index in [4.69, 9.17) is 4.74 Å². The van der Waals surface area contributed by atoms with Gasteiger partial charge in [-0.2, -0.15) is 0 Å². The predicted molar refractivity (Wildman–Crippen MR) is 78.8 cm³/mol. The first-order valence-corrected chi connectivity index (χ1v) is 7.19. The largest absolute Gasteiger partial charge is 0.496 e. The average molecular weight is 341 g/mol. The van der Waals surface area contributed by atoms with Crippen molar-refractivity contribution < 1.29 is 14.3 Å². The summed E-state index contributed by atoms with van der Waals surface area (Å²) in [7, 11) is 3.28. The fraction of sp³-hybridized carbons (Fsp3) is 0.429. The highest BCUT2D eigenvalue weighted by Gasteiger charge is 2.25. The van der Waals surface area contributed by atoms with E-state index in [0.29, 0.717) is 30.7 Å². The lowest BCUT2D eigenvalue weighted by Gasteiger charge is -2.30. The first-order valence-electron chi connectivity index (χ1n) is 6.39. The van der Waals surface area contributed by atoms with E-state index >= 15 is 0 Å². The molecule has 1 aliphatic rings. The number of nitrogens with zero attached hydrogens (tertiary/aromatic N) is 1. The summed E-state index contributed by atoms with van der Waals surface area (Å²) >= 11 is 3.34. The molecule has 1 aromatic rings. The highest BCUT2D eigenvalue weighted by atomic mass is 79.9. The van der Waals surface area contributed by atoms with Crippen LogP contribution in [0.25, 0.3) is 0 Å². The van der Waals surface area contributed by atoms with Gasteiger partial charge < -0.3 is 15.0 Å². The van der Waals surface area contributed by atoms with Crippen molar-refractivity contribution in [1.82, 2.24) is 10.2 Å². The van der Waals surface area contributed by atoms with Crippen LogP contribution in [0.2, 0.25) is 0 Å². The average Bonchev–Trinajstić information content (AvgIpc) is 2.42. The number of ether oxygens (including phenoxy) is 1. The van der Waals surface area contributed by atoms with Crippen LogP contribution in [0.5, 0.6) is 5.75 Å². The van der Waals surface area contributed by atoms with Gasteiger partial charge in [0, 0.05) is 30.5 Å². The van der Waals surface area contributed by atoms with E-state index in [1.54, 1.807) is 30.1 Å². The van der Waals surface area contributed by atoms with Gasteiger partial charge >= 0.3 is 0 Å². The molecule has 2 rings (SSSR count). The van der Waals surface area contributed by atoms with Crippen LogP contribution in [0.4, 0.5) is 0 Å². The molecule has 1 fully saturated rings. The van der Waals surface area contributed by atoms with Crippen molar-refractivity contribution >= 4 is 27.7 Å². The Balaban J connectivity index is 2.07. The molecular weight excluding hydrogens is 324 g/mol. The summed E-state index contributed by atoms with van der Waals surface area (Å²) in [6.45, 7) is 0.545. The molecule has 5 nitrogen and oxygen atoms in total. The van der Waals surface area contributed by atoms with Gasteiger partial charge in [-0.05, 0) is 24.6 Å². The Morgan fingerprint density at radius 3 is 2.90 bits per heavy atom. The molecule has 1 heterocycles. The number of hydrogen-bond donors (Lipinski definition) is 1. The van der Waals surface area contributed by atoms with Crippen molar-refractivity contribution in [2.24, 2.45) is 0 Å². The molecule has 1 unspecified atom stereocenters. The minimum absolute atomic E-state index is 0.0152. The predicted octanol–water partition coefficient (Wildman–Crippen LogP) is 1.81. The summed E-state index contributed by atoms with van der Waals surface area (Å²) in [6.07, 6.45) is 1.15. The number of carbonyl (C=O) groups excluding carboxylic acids is 2. The summed E-state index contributed by atoms with van der Waals surface area (Å²) in [6, 6.07) is 5.26. The lowest BCUT2D eigenvalue weighted by molar-refractivity contribution is -0.132. The molecule has 20 heavy (non-hydrogen) atoms. The van der Waals surface area contributed by atoms with Gasteiger partial charge in [0.1, 0.15) is 5.75 Å². The number of carbonyl (C=O) groups is 2. The summed E-state index contributed by atoms with van der Waals surface area (Å²) in [4.78, 5) is 25.3. The van der Waals surface area contributed by atoms with Crippen molar-refractivity contribution in [3.63, 3.8) is 0 Å². The van der Waals surface area contributed by atoms with E-state index in [2.05, 4.69) is 21.2 Å². The fourth-order valence-electron chi connectivity index (χ4n) is 2.25. The Bertz CT molecular complexity index is 533. The first kappa shape index (κ1) is 14.8. The van der Waals surface area contributed by atoms with E-state index in [1.165, 1.54) is 7.11 Å². The number of rotatable bonds is 3. The van der Waals surface area contributed by atoms with E-state index in [9.17, 15) is 9.59 Å². The number of likely N-dealkylation sites (N-methyl/N-ethyl adjacent to an activating group) is 1. The number of halogens is 1. The Hall–Kier alpha value is -1.56. The summed E-state index contributed by atoms with van der Waals surface area (Å²) in [5.74, 6) is 0.468. The molecule has 0 bridgehead atoms. The van der Waals surface area contributed by atoms with Crippen molar-refractivity contribution in [3.8, 4) is 5.75 Å². The van der Waals surface area contributed by atoms with Crippen molar-refractivity contribution in [2.75, 3.05) is 20.7 Å². The van der Waals surface area contributed by atoms with Crippen molar-refractivity contribution in [3.05, 3.63) is 28.2 Å². The van der Waals surface area contributed by atoms with Gasteiger partial charge in [0.15, 0.2) is 0 Å². The molecule has 1 aromatic carbocycles. The summed E-state index contributed by atoms with van der Waals surface area (Å²) < 4.78 is 6.07. The van der Waals surface area contributed by atoms with Crippen LogP contribution < -0.4 is 10.1 Å². The number of piperidine rings is 1. The highest BCUT2D eigenvalue weighted by molar-refractivity contribution is 9.10. The van der Waals surface area contributed by atoms with Crippen LogP contribution in [0.3, 0.4) is 0 Å². The second kappa shape index (κ2) is 6.26. The molecule has 108 valence electrons. The minimum Gasteiger partial charge on any atom is -0.496 e. The zero-order valence-corrected chi connectivity index (χ0v) is 13.1. The monoisotopic (exact) mass is 340 g/mol. The molecule has 0 radical (unpaired) electrons. The van der Waals surface area contributed by atoms with E-state index in [1.807, 2.05) is 0 Å². The van der Waals surface area contributed by atoms with Crippen molar-refractivity contribution in [2.45, 2.75) is 18.9 Å². The third kappa shape index (κ3) is 3.30. The standard InChI is InChI=1S/C14H17BrN2O3/c1-17-8-10(4-6-13(17)18)16-14(19)11-5-3-9(15)7-12(11)20-2/h3,5,7,10H,4,6,8H2,1-2H3,(H,16,19). The first-order chi connectivity index (χ1) is 9.51. The molecule has 6 heteroatoms. The third-order valence-electron chi connectivity index (χ3n) is 3.37. The highest BCUT2D eigenvalue weighted by Crippen LogP contribution is 2.23. The molecule has 1 atom stereocenters. The quantitative estimate of drug-likeness (QED) is 0.912. The molecule has 0 aromatic heterocycles. The van der Waals surface area contributed by atoms with Crippen LogP contribution >= 0.6 is 15.9 Å². The van der Waals surface area contributed by atoms with E-state index in [-0.39, 0.29) is 17.9 Å². The SMILES string of the molecule is COc1cc(Br)ccc1C(=O)NC1CCC(=O)N(C)C1. The van der Waals surface area contributed by atoms with Crippen molar-refractivity contribution in [1.29, 1.82) is 0 Å². The molecule has 1 N–H and O–H groups in total. The maximum atomic E-state index is 12.3. The van der Waals surface area contributed by atoms with E-state index in [0.717, 1.165) is 4.47 Å². The van der Waals surface area contributed by atoms with Gasteiger partial charge in [-0.25, -0.2) is 0 Å². The van der Waals surface area contributed by atoms with Gasteiger partial charge in [0.05, 0.1) is 12.7 Å². The lowest BCUT2D eigenvalue weighted by atomic mass is 10.0. The van der Waals surface area contributed by atoms with Gasteiger partial charge in [0.25, 0.3) is 5.91 Å². The Morgan fingerprint density at radius 1 is 1.50 bits per heavy atom. The van der Waals surface area contributed by atoms with Crippen LogP contribution in [-0.2, 0) is 4.79 Å². The number of benzene rings is 1. The van der Waals surface area contributed by atoms with Gasteiger partial charge in [-0.1, -0.05) is 15.9 Å². The Morgan fingerprint density at radius 2 is 2.25 bits per heavy atom.